The lowest BCUT2D eigenvalue weighted by atomic mass is 10.1. The summed E-state index contributed by atoms with van der Waals surface area (Å²) in [6, 6.07) is 11.6. The number of esters is 2. The van der Waals surface area contributed by atoms with Gasteiger partial charge < -0.3 is 32.5 Å². The third-order valence-corrected chi connectivity index (χ3v) is 6.61. The van der Waals surface area contributed by atoms with Crippen LogP contribution in [-0.2, 0) is 14.3 Å². The van der Waals surface area contributed by atoms with E-state index < -0.39 is 29.4 Å². The molecule has 12 nitrogen and oxygen atoms in total. The predicted molar refractivity (Wildman–Crippen MR) is 160 cm³/mol. The summed E-state index contributed by atoms with van der Waals surface area (Å²) in [5.41, 5.74) is -0.221. The zero-order chi connectivity index (χ0) is 32.0. The number of ether oxygens (including phenoxy) is 5. The van der Waals surface area contributed by atoms with E-state index in [9.17, 15) is 19.2 Å². The van der Waals surface area contributed by atoms with Gasteiger partial charge in [-0.2, -0.15) is 0 Å². The lowest BCUT2D eigenvalue weighted by Gasteiger charge is -2.19. The summed E-state index contributed by atoms with van der Waals surface area (Å²) < 4.78 is 38.8. The van der Waals surface area contributed by atoms with Crippen molar-refractivity contribution in [1.29, 1.82) is 0 Å². The maximum Gasteiger partial charge on any atom is 0.344 e. The number of rotatable bonds is 12. The highest BCUT2D eigenvalue weighted by atomic mass is 16.5. The molecule has 0 saturated carbocycles. The topological polar surface area (TPSA) is 153 Å². The predicted octanol–water partition coefficient (Wildman–Crippen LogP) is 5.53. The Labute approximate surface area is 252 Å². The van der Waals surface area contributed by atoms with Gasteiger partial charge in [-0.15, -0.1) is 0 Å². The number of amides is 1. The lowest BCUT2D eigenvalue weighted by Crippen LogP contribution is -2.34. The normalized spacial score (nSPS) is 11.5. The number of benzene rings is 2. The number of hydrogen-bond donors (Lipinski definition) is 1. The summed E-state index contributed by atoms with van der Waals surface area (Å²) >= 11 is 0. The van der Waals surface area contributed by atoms with Crippen LogP contribution in [0, 0.1) is 6.92 Å². The number of nitrogens with one attached hydrogen (secondary N) is 1. The van der Waals surface area contributed by atoms with Gasteiger partial charge in [0.2, 0.25) is 17.1 Å². The summed E-state index contributed by atoms with van der Waals surface area (Å²) in [6.45, 7) is 6.40. The lowest BCUT2D eigenvalue weighted by molar-refractivity contribution is -0.123. The Balaban J connectivity index is 1.77. The number of para-hydroxylation sites is 1. The largest absolute Gasteiger partial charge is 0.493 e. The highest BCUT2D eigenvalue weighted by Crippen LogP contribution is 2.37. The van der Waals surface area contributed by atoms with Gasteiger partial charge in [0.25, 0.3) is 5.91 Å². The number of methoxy groups -OCH3 is 2. The van der Waals surface area contributed by atoms with Crippen LogP contribution in [0.2, 0.25) is 0 Å². The van der Waals surface area contributed by atoms with Gasteiger partial charge in [-0.05, 0) is 57.5 Å². The van der Waals surface area contributed by atoms with Crippen LogP contribution in [0.15, 0.2) is 56.1 Å². The molecule has 0 saturated heterocycles. The van der Waals surface area contributed by atoms with Crippen LogP contribution in [0.5, 0.6) is 17.2 Å². The summed E-state index contributed by atoms with van der Waals surface area (Å²) in [6.07, 6.45) is -1.16. The van der Waals surface area contributed by atoms with Crippen molar-refractivity contribution in [2.45, 2.75) is 40.2 Å². The molecule has 0 aliphatic rings. The minimum Gasteiger partial charge on any atom is -0.493 e. The van der Waals surface area contributed by atoms with Crippen LogP contribution in [-0.4, -0.2) is 51.4 Å². The molecule has 232 valence electrons. The number of aryl methyl sites for hydroxylation is 1. The van der Waals surface area contributed by atoms with E-state index in [0.717, 1.165) is 0 Å². The van der Waals surface area contributed by atoms with Crippen LogP contribution in [0.1, 0.15) is 53.7 Å². The van der Waals surface area contributed by atoms with Crippen molar-refractivity contribution >= 4 is 34.7 Å². The molecule has 4 aromatic rings. The van der Waals surface area contributed by atoms with Crippen LogP contribution in [0.3, 0.4) is 0 Å². The fourth-order valence-electron chi connectivity index (χ4n) is 4.54. The van der Waals surface area contributed by atoms with Gasteiger partial charge in [-0.3, -0.25) is 14.9 Å². The first-order chi connectivity index (χ1) is 21.2. The standard InChI is InChI=1S/C32H33NO11/c1-7-20(29(35)33-30-25(32(37)41-9-3)24(17(4)42-30)31(36)40-8-2)43-28-26(34)19-12-10-11-13-21(19)44-27(28)18-14-15-22(38-5)23(16-18)39-6/h10-16,20H,7-9H2,1-6H3,(H,33,35). The van der Waals surface area contributed by atoms with Crippen molar-refractivity contribution in [3.05, 3.63) is 69.6 Å². The Morgan fingerprint density at radius 2 is 1.52 bits per heavy atom. The van der Waals surface area contributed by atoms with E-state index in [4.69, 9.17) is 32.5 Å². The average molecular weight is 608 g/mol. The van der Waals surface area contributed by atoms with Crippen molar-refractivity contribution in [1.82, 2.24) is 0 Å². The van der Waals surface area contributed by atoms with Gasteiger partial charge in [0.05, 0.1) is 32.8 Å². The SMILES string of the molecule is CCOC(=O)c1c(C)oc(NC(=O)C(CC)Oc2c(-c3ccc(OC)c(OC)c3)oc3ccccc3c2=O)c1C(=O)OCC. The van der Waals surface area contributed by atoms with Gasteiger partial charge >= 0.3 is 11.9 Å². The van der Waals surface area contributed by atoms with E-state index in [2.05, 4.69) is 5.32 Å². The molecule has 1 N–H and O–H groups in total. The summed E-state index contributed by atoms with van der Waals surface area (Å²) in [4.78, 5) is 52.8. The maximum atomic E-state index is 13.7. The zero-order valence-corrected chi connectivity index (χ0v) is 25.2. The number of hydrogen-bond acceptors (Lipinski definition) is 11. The van der Waals surface area contributed by atoms with Crippen LogP contribution < -0.4 is 25.0 Å². The molecule has 2 aromatic carbocycles. The number of furan rings is 1. The zero-order valence-electron chi connectivity index (χ0n) is 25.2. The Morgan fingerprint density at radius 3 is 2.16 bits per heavy atom. The van der Waals surface area contributed by atoms with Crippen LogP contribution >= 0.6 is 0 Å². The molecular formula is C32H33NO11. The second kappa shape index (κ2) is 13.8. The van der Waals surface area contributed by atoms with Gasteiger partial charge in [0.1, 0.15) is 22.5 Å². The molecule has 1 unspecified atom stereocenters. The Hall–Kier alpha value is -5.26. The molecule has 0 bridgehead atoms. The summed E-state index contributed by atoms with van der Waals surface area (Å²) in [7, 11) is 2.97. The van der Waals surface area contributed by atoms with Crippen molar-refractivity contribution in [3.63, 3.8) is 0 Å². The van der Waals surface area contributed by atoms with Crippen molar-refractivity contribution in [2.75, 3.05) is 32.8 Å². The Morgan fingerprint density at radius 1 is 0.864 bits per heavy atom. The third-order valence-electron chi connectivity index (χ3n) is 6.61. The van der Waals surface area contributed by atoms with Gasteiger partial charge in [0, 0.05) is 5.56 Å². The minimum absolute atomic E-state index is 0.00999. The molecule has 0 aliphatic carbocycles. The summed E-state index contributed by atoms with van der Waals surface area (Å²) in [5, 5.41) is 2.76. The van der Waals surface area contributed by atoms with E-state index in [1.165, 1.54) is 21.1 Å². The van der Waals surface area contributed by atoms with Crippen molar-refractivity contribution in [3.8, 4) is 28.6 Å². The molecular weight excluding hydrogens is 574 g/mol. The molecule has 1 amide bonds. The molecule has 0 radical (unpaired) electrons. The van der Waals surface area contributed by atoms with E-state index >= 15 is 0 Å². The highest BCUT2D eigenvalue weighted by Gasteiger charge is 2.33. The van der Waals surface area contributed by atoms with Gasteiger partial charge in [0.15, 0.2) is 23.4 Å². The third kappa shape index (κ3) is 6.24. The first-order valence-corrected chi connectivity index (χ1v) is 13.9. The minimum atomic E-state index is -1.26. The molecule has 4 rings (SSSR count). The van der Waals surface area contributed by atoms with Crippen molar-refractivity contribution < 1.29 is 46.9 Å². The highest BCUT2D eigenvalue weighted by molar-refractivity contribution is 6.09. The number of carbonyl (C=O) groups excluding carboxylic acids is 3. The van der Waals surface area contributed by atoms with Crippen LogP contribution in [0.4, 0.5) is 5.88 Å². The second-order valence-corrected chi connectivity index (χ2v) is 9.34. The van der Waals surface area contributed by atoms with Crippen molar-refractivity contribution in [2.24, 2.45) is 0 Å². The molecule has 0 spiro atoms. The maximum absolute atomic E-state index is 13.7. The first kappa shape index (κ1) is 31.7. The molecule has 44 heavy (non-hydrogen) atoms. The monoisotopic (exact) mass is 607 g/mol. The second-order valence-electron chi connectivity index (χ2n) is 9.34. The van der Waals surface area contributed by atoms with E-state index in [1.54, 1.807) is 63.2 Å². The Kier molecular flexibility index (Phi) is 9.94. The van der Waals surface area contributed by atoms with E-state index in [0.29, 0.717) is 22.6 Å². The molecule has 1 atom stereocenters. The summed E-state index contributed by atoms with van der Waals surface area (Å²) in [5.74, 6) is -2.04. The molecule has 12 heteroatoms. The molecule has 2 heterocycles. The first-order valence-electron chi connectivity index (χ1n) is 13.9. The Bertz CT molecular complexity index is 1750. The molecule has 0 fully saturated rings. The van der Waals surface area contributed by atoms with E-state index in [-0.39, 0.29) is 59.3 Å². The smallest absolute Gasteiger partial charge is 0.344 e. The molecule has 2 aromatic heterocycles. The number of fused-ring (bicyclic) bond motifs is 1. The molecule has 0 aliphatic heterocycles. The van der Waals surface area contributed by atoms with Gasteiger partial charge in [-0.1, -0.05) is 19.1 Å². The van der Waals surface area contributed by atoms with Gasteiger partial charge in [-0.25, -0.2) is 9.59 Å². The fraction of sp³-hybridized carbons (Fsp3) is 0.312. The number of carbonyl (C=O) groups is 3. The van der Waals surface area contributed by atoms with Crippen LogP contribution in [0.25, 0.3) is 22.3 Å². The van der Waals surface area contributed by atoms with E-state index in [1.807, 2.05) is 0 Å². The average Bonchev–Trinajstić information content (AvgIpc) is 3.35. The number of anilines is 1. The quantitative estimate of drug-likeness (QED) is 0.202. The fourth-order valence-corrected chi connectivity index (χ4v) is 4.54.